The molecule has 7 nitrogen and oxygen atoms in total. The molecular formula is C17H17BrClN3O4. The van der Waals surface area contributed by atoms with Crippen molar-refractivity contribution in [2.75, 3.05) is 26.0 Å². The summed E-state index contributed by atoms with van der Waals surface area (Å²) in [4.78, 5) is 24.5. The molecule has 0 unspecified atom stereocenters. The number of halogens is 2. The fourth-order valence-electron chi connectivity index (χ4n) is 2.41. The summed E-state index contributed by atoms with van der Waals surface area (Å²) in [5, 5.41) is 13.9. The lowest BCUT2D eigenvalue weighted by Gasteiger charge is -2.18. The van der Waals surface area contributed by atoms with Crippen molar-refractivity contribution in [3.05, 3.63) is 61.6 Å². The molecule has 1 amide bonds. The number of methoxy groups -OCH3 is 1. The summed E-state index contributed by atoms with van der Waals surface area (Å²) < 4.78 is 6.23. The number of ether oxygens (including phenoxy) is 1. The van der Waals surface area contributed by atoms with Crippen LogP contribution >= 0.6 is 27.5 Å². The lowest BCUT2D eigenvalue weighted by atomic mass is 10.2. The Hall–Kier alpha value is -2.16. The molecule has 0 aliphatic rings. The van der Waals surface area contributed by atoms with E-state index < -0.39 is 4.92 Å². The van der Waals surface area contributed by atoms with E-state index in [2.05, 4.69) is 21.2 Å². The zero-order valence-corrected chi connectivity index (χ0v) is 16.5. The molecule has 26 heavy (non-hydrogen) atoms. The van der Waals surface area contributed by atoms with Crippen LogP contribution in [0.15, 0.2) is 40.9 Å². The van der Waals surface area contributed by atoms with E-state index in [1.807, 2.05) is 18.2 Å². The summed E-state index contributed by atoms with van der Waals surface area (Å²) in [6.45, 7) is 0.522. The van der Waals surface area contributed by atoms with E-state index in [4.69, 9.17) is 16.3 Å². The highest BCUT2D eigenvalue weighted by molar-refractivity contribution is 9.10. The van der Waals surface area contributed by atoms with Gasteiger partial charge in [-0.25, -0.2) is 0 Å². The van der Waals surface area contributed by atoms with Crippen molar-refractivity contribution >= 4 is 44.8 Å². The molecule has 2 aromatic rings. The number of carbonyl (C=O) groups excluding carboxylic acids is 1. The van der Waals surface area contributed by atoms with E-state index in [1.54, 1.807) is 19.1 Å². The number of hydrogen-bond donors (Lipinski definition) is 1. The van der Waals surface area contributed by atoms with Crippen LogP contribution in [0.1, 0.15) is 5.56 Å². The molecule has 0 aromatic heterocycles. The van der Waals surface area contributed by atoms with Crippen LogP contribution in [0.5, 0.6) is 5.75 Å². The first-order valence-corrected chi connectivity index (χ1v) is 8.72. The molecule has 138 valence electrons. The van der Waals surface area contributed by atoms with Gasteiger partial charge in [-0.1, -0.05) is 27.5 Å². The molecule has 9 heteroatoms. The minimum atomic E-state index is -0.586. The normalized spacial score (nSPS) is 10.7. The first kappa shape index (κ1) is 20.2. The van der Waals surface area contributed by atoms with Crippen molar-refractivity contribution in [1.29, 1.82) is 0 Å². The van der Waals surface area contributed by atoms with Crippen molar-refractivity contribution in [2.45, 2.75) is 6.54 Å². The molecule has 0 fully saturated rings. The number of hydrogen-bond acceptors (Lipinski definition) is 5. The van der Waals surface area contributed by atoms with Gasteiger partial charge in [0.25, 0.3) is 5.69 Å². The van der Waals surface area contributed by atoms with Gasteiger partial charge >= 0.3 is 0 Å². The van der Waals surface area contributed by atoms with Crippen LogP contribution in [0.2, 0.25) is 5.02 Å². The maximum absolute atomic E-state index is 12.2. The van der Waals surface area contributed by atoms with Crippen LogP contribution in [0.25, 0.3) is 0 Å². The molecular weight excluding hydrogens is 426 g/mol. The fourth-order valence-corrected chi connectivity index (χ4v) is 2.99. The maximum Gasteiger partial charge on any atom is 0.294 e. The standard InChI is InChI=1S/C17H17BrClN3O4/c1-21(9-11-7-12(18)3-6-16(11)26-2)10-17(23)20-14-5-4-13(19)8-15(14)22(24)25/h3-8H,9-10H2,1-2H3,(H,20,23). The Morgan fingerprint density at radius 1 is 1.35 bits per heavy atom. The van der Waals surface area contributed by atoms with Gasteiger partial charge in [0.1, 0.15) is 11.4 Å². The molecule has 0 saturated carbocycles. The van der Waals surface area contributed by atoms with Gasteiger partial charge < -0.3 is 10.1 Å². The number of benzene rings is 2. The largest absolute Gasteiger partial charge is 0.496 e. The third-order valence-corrected chi connectivity index (χ3v) is 4.26. The average Bonchev–Trinajstić information content (AvgIpc) is 2.56. The molecule has 0 aliphatic heterocycles. The third kappa shape index (κ3) is 5.42. The highest BCUT2D eigenvalue weighted by Crippen LogP contribution is 2.28. The monoisotopic (exact) mass is 441 g/mol. The van der Waals surface area contributed by atoms with Crippen LogP contribution in [0.4, 0.5) is 11.4 Å². The zero-order chi connectivity index (χ0) is 19.3. The van der Waals surface area contributed by atoms with Gasteiger partial charge in [-0.05, 0) is 37.4 Å². The Labute approximate surface area is 164 Å². The Kier molecular flexibility index (Phi) is 6.96. The molecule has 0 bridgehead atoms. The predicted octanol–water partition coefficient (Wildman–Crippen LogP) is 4.09. The summed E-state index contributed by atoms with van der Waals surface area (Å²) in [5.41, 5.74) is 0.773. The van der Waals surface area contributed by atoms with E-state index >= 15 is 0 Å². The highest BCUT2D eigenvalue weighted by atomic mass is 79.9. The van der Waals surface area contributed by atoms with Gasteiger partial charge in [-0.2, -0.15) is 0 Å². The molecule has 0 radical (unpaired) electrons. The Balaban J connectivity index is 2.04. The van der Waals surface area contributed by atoms with Gasteiger partial charge in [0.15, 0.2) is 0 Å². The molecule has 0 atom stereocenters. The summed E-state index contributed by atoms with van der Waals surface area (Å²) >= 11 is 9.18. The second-order valence-electron chi connectivity index (χ2n) is 5.60. The van der Waals surface area contributed by atoms with Crippen molar-refractivity contribution < 1.29 is 14.5 Å². The van der Waals surface area contributed by atoms with Crippen molar-refractivity contribution in [3.63, 3.8) is 0 Å². The van der Waals surface area contributed by atoms with Gasteiger partial charge in [0.2, 0.25) is 5.91 Å². The van der Waals surface area contributed by atoms with E-state index in [9.17, 15) is 14.9 Å². The van der Waals surface area contributed by atoms with Crippen LogP contribution in [0, 0.1) is 10.1 Å². The molecule has 2 aromatic carbocycles. The van der Waals surface area contributed by atoms with Crippen LogP contribution in [0.3, 0.4) is 0 Å². The second kappa shape index (κ2) is 8.98. The number of nitrogens with one attached hydrogen (secondary N) is 1. The van der Waals surface area contributed by atoms with Crippen LogP contribution < -0.4 is 10.1 Å². The lowest BCUT2D eigenvalue weighted by Crippen LogP contribution is -2.30. The first-order chi connectivity index (χ1) is 12.3. The molecule has 0 spiro atoms. The SMILES string of the molecule is COc1ccc(Br)cc1CN(C)CC(=O)Nc1ccc(Cl)cc1[N+](=O)[O-]. The number of nitro groups is 1. The summed E-state index contributed by atoms with van der Waals surface area (Å²) in [5.74, 6) is 0.348. The Morgan fingerprint density at radius 3 is 2.73 bits per heavy atom. The average molecular weight is 443 g/mol. The predicted molar refractivity (Wildman–Crippen MR) is 104 cm³/mol. The number of amides is 1. The Bertz CT molecular complexity index is 832. The number of rotatable bonds is 7. The molecule has 1 N–H and O–H groups in total. The second-order valence-corrected chi connectivity index (χ2v) is 6.95. The van der Waals surface area contributed by atoms with Crippen molar-refractivity contribution in [3.8, 4) is 5.75 Å². The topological polar surface area (TPSA) is 84.7 Å². The summed E-state index contributed by atoms with van der Waals surface area (Å²) in [7, 11) is 3.36. The quantitative estimate of drug-likeness (QED) is 0.516. The van der Waals surface area contributed by atoms with Crippen molar-refractivity contribution in [2.24, 2.45) is 0 Å². The van der Waals surface area contributed by atoms with E-state index in [0.29, 0.717) is 12.3 Å². The summed E-state index contributed by atoms with van der Waals surface area (Å²) in [6.07, 6.45) is 0. The Morgan fingerprint density at radius 2 is 2.08 bits per heavy atom. The van der Waals surface area contributed by atoms with Crippen LogP contribution in [-0.4, -0.2) is 36.4 Å². The van der Waals surface area contributed by atoms with Gasteiger partial charge in [-0.3, -0.25) is 19.8 Å². The van der Waals surface area contributed by atoms with E-state index in [0.717, 1.165) is 10.0 Å². The minimum Gasteiger partial charge on any atom is -0.496 e. The smallest absolute Gasteiger partial charge is 0.294 e. The first-order valence-electron chi connectivity index (χ1n) is 7.55. The minimum absolute atomic E-state index is 0.0510. The van der Waals surface area contributed by atoms with Gasteiger partial charge in [0.05, 0.1) is 18.6 Å². The van der Waals surface area contributed by atoms with E-state index in [1.165, 1.54) is 18.2 Å². The number of carbonyl (C=O) groups is 1. The maximum atomic E-state index is 12.2. The molecule has 0 heterocycles. The molecule has 2 rings (SSSR count). The fraction of sp³-hybridized carbons (Fsp3) is 0.235. The molecule has 0 saturated heterocycles. The third-order valence-electron chi connectivity index (χ3n) is 3.53. The zero-order valence-electron chi connectivity index (χ0n) is 14.2. The van der Waals surface area contributed by atoms with E-state index in [-0.39, 0.29) is 28.8 Å². The van der Waals surface area contributed by atoms with Crippen molar-refractivity contribution in [1.82, 2.24) is 4.90 Å². The van der Waals surface area contributed by atoms with Crippen LogP contribution in [-0.2, 0) is 11.3 Å². The molecule has 0 aliphatic carbocycles. The van der Waals surface area contributed by atoms with Gasteiger partial charge in [0, 0.05) is 27.7 Å². The number of anilines is 1. The van der Waals surface area contributed by atoms with Gasteiger partial charge in [-0.15, -0.1) is 0 Å². The number of nitro benzene ring substituents is 1. The summed E-state index contributed by atoms with van der Waals surface area (Å²) in [6, 6.07) is 9.72. The number of nitrogens with zero attached hydrogens (tertiary/aromatic N) is 2. The lowest BCUT2D eigenvalue weighted by molar-refractivity contribution is -0.383. The number of likely N-dealkylation sites (N-methyl/N-ethyl adjacent to an activating group) is 1. The highest BCUT2D eigenvalue weighted by Gasteiger charge is 2.17.